The summed E-state index contributed by atoms with van der Waals surface area (Å²) in [6.45, 7) is 0. The predicted molar refractivity (Wildman–Crippen MR) is 91.6 cm³/mol. The first-order valence-corrected chi connectivity index (χ1v) is 10.4. The average molecular weight is 377 g/mol. The van der Waals surface area contributed by atoms with Crippen molar-refractivity contribution in [2.75, 3.05) is 6.26 Å². The number of hydrogen-bond donors (Lipinski definition) is 2. The Morgan fingerprint density at radius 3 is 2.72 bits per heavy atom. The van der Waals surface area contributed by atoms with Crippen molar-refractivity contribution in [2.24, 2.45) is 0 Å². The molecule has 0 bridgehead atoms. The van der Waals surface area contributed by atoms with Crippen molar-refractivity contribution < 1.29 is 13.5 Å². The molecule has 0 spiro atoms. The maximum atomic E-state index is 12.2. The number of nitrogens with one attached hydrogen (secondary N) is 1. The number of aromatic amines is 1. The predicted octanol–water partition coefficient (Wildman–Crippen LogP) is 1.77. The summed E-state index contributed by atoms with van der Waals surface area (Å²) in [5.41, 5.74) is 0.175. The minimum absolute atomic E-state index is 0.128. The van der Waals surface area contributed by atoms with Gasteiger partial charge in [0.1, 0.15) is 10.6 Å². The van der Waals surface area contributed by atoms with E-state index in [0.717, 1.165) is 17.6 Å². The summed E-state index contributed by atoms with van der Waals surface area (Å²) in [5, 5.41) is 24.9. The number of sulfone groups is 1. The fourth-order valence-corrected chi connectivity index (χ4v) is 4.87. The lowest BCUT2D eigenvalue weighted by atomic mass is 9.81. The summed E-state index contributed by atoms with van der Waals surface area (Å²) in [5.74, 6) is 0.202. The molecule has 4 rings (SSSR count). The van der Waals surface area contributed by atoms with Gasteiger partial charge in [0.05, 0.1) is 15.3 Å². The van der Waals surface area contributed by atoms with Crippen LogP contribution in [0.1, 0.15) is 24.3 Å². The highest BCUT2D eigenvalue weighted by Gasteiger charge is 2.39. The van der Waals surface area contributed by atoms with E-state index < -0.39 is 15.4 Å². The van der Waals surface area contributed by atoms with Crippen molar-refractivity contribution in [3.8, 4) is 21.8 Å². The first kappa shape index (κ1) is 16.3. The van der Waals surface area contributed by atoms with E-state index in [1.807, 2.05) is 0 Å². The maximum Gasteiger partial charge on any atom is 0.206 e. The molecule has 8 nitrogen and oxygen atoms in total. The molecule has 10 heteroatoms. The van der Waals surface area contributed by atoms with Crippen molar-refractivity contribution >= 4 is 21.2 Å². The van der Waals surface area contributed by atoms with Crippen LogP contribution in [0.15, 0.2) is 29.3 Å². The Kier molecular flexibility index (Phi) is 3.71. The molecule has 2 heterocycles. The molecule has 1 aliphatic carbocycles. The van der Waals surface area contributed by atoms with Gasteiger partial charge in [0, 0.05) is 18.0 Å². The number of H-pyrrole nitrogens is 1. The van der Waals surface area contributed by atoms with Gasteiger partial charge in [0.25, 0.3) is 0 Å². The minimum atomic E-state index is -3.49. The molecule has 0 amide bonds. The number of benzene rings is 1. The molecule has 130 valence electrons. The molecule has 2 aromatic heterocycles. The van der Waals surface area contributed by atoms with Crippen molar-refractivity contribution in [3.63, 3.8) is 0 Å². The number of nitrogens with zero attached hydrogens (tertiary/aromatic N) is 4. The number of aliphatic hydroxyl groups is 1. The van der Waals surface area contributed by atoms with Crippen LogP contribution >= 0.6 is 11.3 Å². The molecule has 2 N–H and O–H groups in total. The Morgan fingerprint density at radius 1 is 1.32 bits per heavy atom. The number of tetrazole rings is 1. The largest absolute Gasteiger partial charge is 0.383 e. The lowest BCUT2D eigenvalue weighted by Gasteiger charge is -2.34. The van der Waals surface area contributed by atoms with E-state index in [1.165, 1.54) is 17.4 Å². The topological polar surface area (TPSA) is 122 Å². The lowest BCUT2D eigenvalue weighted by molar-refractivity contribution is -0.0389. The smallest absolute Gasteiger partial charge is 0.206 e. The molecule has 1 fully saturated rings. The highest BCUT2D eigenvalue weighted by atomic mass is 32.2. The summed E-state index contributed by atoms with van der Waals surface area (Å²) in [7, 11) is -3.49. The summed E-state index contributed by atoms with van der Waals surface area (Å²) >= 11 is 1.36. The first-order chi connectivity index (χ1) is 11.9. The number of thiazole rings is 1. The van der Waals surface area contributed by atoms with Gasteiger partial charge in [0.15, 0.2) is 9.84 Å². The minimum Gasteiger partial charge on any atom is -0.383 e. The Balaban J connectivity index is 1.91. The summed E-state index contributed by atoms with van der Waals surface area (Å²) in [4.78, 5) is 5.23. The van der Waals surface area contributed by atoms with Gasteiger partial charge < -0.3 is 5.11 Å². The van der Waals surface area contributed by atoms with Crippen LogP contribution in [0.4, 0.5) is 0 Å². The standard InChI is InChI=1S/C15H15N5O3S2/c1-25(22,23)11-5-2-4-9(12(11)13-17-19-20-18-13)10-8-16-14(24-10)15(21)6-3-7-15/h2,4-5,8,21H,3,6-7H2,1H3,(H,17,18,19,20). The van der Waals surface area contributed by atoms with Gasteiger partial charge in [-0.2, -0.15) is 5.21 Å². The molecule has 0 unspecified atom stereocenters. The zero-order valence-corrected chi connectivity index (χ0v) is 14.9. The van der Waals surface area contributed by atoms with Gasteiger partial charge in [-0.25, -0.2) is 13.4 Å². The normalized spacial score (nSPS) is 16.6. The number of rotatable bonds is 4. The Labute approximate surface area is 147 Å². The number of hydrogen-bond acceptors (Lipinski definition) is 8. The molecule has 1 aliphatic rings. The van der Waals surface area contributed by atoms with Crippen LogP contribution in [0.3, 0.4) is 0 Å². The second kappa shape index (κ2) is 5.68. The fourth-order valence-electron chi connectivity index (χ4n) is 2.88. The first-order valence-electron chi connectivity index (χ1n) is 7.64. The monoisotopic (exact) mass is 377 g/mol. The van der Waals surface area contributed by atoms with Gasteiger partial charge in [-0.1, -0.05) is 12.1 Å². The van der Waals surface area contributed by atoms with Crippen LogP contribution in [0.5, 0.6) is 0 Å². The van der Waals surface area contributed by atoms with E-state index in [1.54, 1.807) is 18.3 Å². The van der Waals surface area contributed by atoms with Gasteiger partial charge >= 0.3 is 0 Å². The van der Waals surface area contributed by atoms with Crippen molar-refractivity contribution in [3.05, 3.63) is 29.4 Å². The third-order valence-electron chi connectivity index (χ3n) is 4.34. The van der Waals surface area contributed by atoms with Gasteiger partial charge in [-0.3, -0.25) is 0 Å². The second-order valence-corrected chi connectivity index (χ2v) is 9.12. The van der Waals surface area contributed by atoms with Crippen molar-refractivity contribution in [2.45, 2.75) is 29.8 Å². The van der Waals surface area contributed by atoms with Crippen molar-refractivity contribution in [1.82, 2.24) is 25.6 Å². The van der Waals surface area contributed by atoms with E-state index in [0.29, 0.717) is 29.0 Å². The quantitative estimate of drug-likeness (QED) is 0.710. The van der Waals surface area contributed by atoms with Crippen LogP contribution in [-0.4, -0.2) is 45.4 Å². The summed E-state index contributed by atoms with van der Waals surface area (Å²) < 4.78 is 24.4. The van der Waals surface area contributed by atoms with Gasteiger partial charge in [0.2, 0.25) is 5.82 Å². The molecule has 3 aromatic rings. The summed E-state index contributed by atoms with van der Waals surface area (Å²) in [6.07, 6.45) is 5.16. The third kappa shape index (κ3) is 2.75. The highest BCUT2D eigenvalue weighted by molar-refractivity contribution is 7.90. The molecule has 0 radical (unpaired) electrons. The second-order valence-electron chi connectivity index (χ2n) is 6.10. The van der Waals surface area contributed by atoms with E-state index in [-0.39, 0.29) is 10.7 Å². The van der Waals surface area contributed by atoms with Gasteiger partial charge in [-0.05, 0) is 30.5 Å². The summed E-state index contributed by atoms with van der Waals surface area (Å²) in [6, 6.07) is 4.99. The molecule has 1 saturated carbocycles. The zero-order chi connectivity index (χ0) is 17.7. The van der Waals surface area contributed by atoms with Crippen molar-refractivity contribution in [1.29, 1.82) is 0 Å². The Morgan fingerprint density at radius 2 is 2.12 bits per heavy atom. The van der Waals surface area contributed by atoms with Crippen LogP contribution in [-0.2, 0) is 15.4 Å². The molecule has 25 heavy (non-hydrogen) atoms. The molecular weight excluding hydrogens is 362 g/mol. The van der Waals surface area contributed by atoms with Gasteiger partial charge in [-0.15, -0.1) is 21.5 Å². The van der Waals surface area contributed by atoms with E-state index in [2.05, 4.69) is 25.6 Å². The zero-order valence-electron chi connectivity index (χ0n) is 13.3. The van der Waals surface area contributed by atoms with Crippen LogP contribution < -0.4 is 0 Å². The number of aromatic nitrogens is 5. The molecule has 0 atom stereocenters. The SMILES string of the molecule is CS(=O)(=O)c1cccc(-c2cnc(C3(O)CCC3)s2)c1-c1nn[nH]n1. The van der Waals surface area contributed by atoms with E-state index in [4.69, 9.17) is 0 Å². The van der Waals surface area contributed by atoms with E-state index >= 15 is 0 Å². The molecule has 0 saturated heterocycles. The third-order valence-corrected chi connectivity index (χ3v) is 6.71. The molecule has 0 aliphatic heterocycles. The van der Waals surface area contributed by atoms with Crippen LogP contribution in [0.25, 0.3) is 21.8 Å². The fraction of sp³-hybridized carbons (Fsp3) is 0.333. The lowest BCUT2D eigenvalue weighted by Crippen LogP contribution is -2.33. The molecule has 1 aromatic carbocycles. The Bertz CT molecular complexity index is 1020. The highest BCUT2D eigenvalue weighted by Crippen LogP contribution is 2.45. The van der Waals surface area contributed by atoms with Crippen LogP contribution in [0, 0.1) is 0 Å². The van der Waals surface area contributed by atoms with Crippen LogP contribution in [0.2, 0.25) is 0 Å². The van der Waals surface area contributed by atoms with E-state index in [9.17, 15) is 13.5 Å². The maximum absolute atomic E-state index is 12.2. The molecular formula is C15H15N5O3S2. The Hall–Kier alpha value is -2.17. The average Bonchev–Trinajstić information content (AvgIpc) is 3.22.